The topological polar surface area (TPSA) is 133 Å². The summed E-state index contributed by atoms with van der Waals surface area (Å²) in [6.07, 6.45) is -0.823. The Morgan fingerprint density at radius 2 is 2.00 bits per heavy atom. The van der Waals surface area contributed by atoms with Crippen LogP contribution in [0.5, 0.6) is 0 Å². The van der Waals surface area contributed by atoms with Crippen LogP contribution in [-0.2, 0) is 0 Å². The van der Waals surface area contributed by atoms with Gasteiger partial charge in [-0.1, -0.05) is 0 Å². The molecule has 0 radical (unpaired) electrons. The van der Waals surface area contributed by atoms with Gasteiger partial charge in [-0.15, -0.1) is 0 Å². The van der Waals surface area contributed by atoms with Crippen molar-refractivity contribution < 1.29 is 9.83 Å². The minimum atomic E-state index is -0.846. The molecule has 0 bridgehead atoms. The molecule has 0 spiro atoms. The maximum atomic E-state index is 10.8. The van der Waals surface area contributed by atoms with E-state index < -0.39 is 11.2 Å². The van der Waals surface area contributed by atoms with Gasteiger partial charge in [-0.25, -0.2) is 20.3 Å². The molecule has 2 fully saturated rings. The monoisotopic (exact) mass is 201 g/mol. The molecular formula is C4H7N7O3. The van der Waals surface area contributed by atoms with Crippen molar-refractivity contribution in [1.29, 1.82) is 0 Å². The van der Waals surface area contributed by atoms with Gasteiger partial charge >= 0.3 is 6.03 Å². The standard InChI is InChI=1S/C4H7N7O3/c12-4-6-1-2(7-4)8-9-3(5-1)10-11(13)14/h1-2,8H,(H2,5,9,10)(H2,6,7,12). The van der Waals surface area contributed by atoms with Crippen LogP contribution in [0, 0.1) is 10.1 Å². The predicted molar refractivity (Wildman–Crippen MR) is 43.1 cm³/mol. The molecule has 5 N–H and O–H groups in total. The lowest BCUT2D eigenvalue weighted by atomic mass is 10.4. The molecule has 0 aromatic carbocycles. The van der Waals surface area contributed by atoms with Crippen molar-refractivity contribution in [2.45, 2.75) is 12.3 Å². The SMILES string of the molecule is O=C1NC2NN/C(=N/[N+](=O)[O-])NC2N1. The molecule has 2 rings (SSSR count). The zero-order chi connectivity index (χ0) is 10.1. The summed E-state index contributed by atoms with van der Waals surface area (Å²) in [6.45, 7) is 0. The van der Waals surface area contributed by atoms with Gasteiger partial charge in [-0.2, -0.15) is 0 Å². The van der Waals surface area contributed by atoms with Crippen LogP contribution >= 0.6 is 0 Å². The van der Waals surface area contributed by atoms with Crippen molar-refractivity contribution in [1.82, 2.24) is 26.8 Å². The summed E-state index contributed by atoms with van der Waals surface area (Å²) in [7, 11) is 0. The average Bonchev–Trinajstić information content (AvgIpc) is 2.42. The van der Waals surface area contributed by atoms with Gasteiger partial charge in [0.05, 0.1) is 0 Å². The number of fused-ring (bicyclic) bond motifs is 1. The number of urea groups is 1. The summed E-state index contributed by atoms with van der Waals surface area (Å²) in [5, 5.41) is 19.8. The molecule has 2 aliphatic rings. The normalized spacial score (nSPS) is 32.3. The molecule has 2 atom stereocenters. The summed E-state index contributed by atoms with van der Waals surface area (Å²) in [5.41, 5.74) is 5.06. The fraction of sp³-hybridized carbons (Fsp3) is 0.500. The van der Waals surface area contributed by atoms with E-state index in [4.69, 9.17) is 0 Å². The Bertz CT molecular complexity index is 314. The zero-order valence-electron chi connectivity index (χ0n) is 6.77. The lowest BCUT2D eigenvalue weighted by molar-refractivity contribution is -0.485. The highest BCUT2D eigenvalue weighted by molar-refractivity contribution is 5.83. The minimum absolute atomic E-state index is 0.0553. The summed E-state index contributed by atoms with van der Waals surface area (Å²) < 4.78 is 0. The van der Waals surface area contributed by atoms with Crippen LogP contribution in [-0.4, -0.2) is 29.4 Å². The van der Waals surface area contributed by atoms with Crippen LogP contribution in [0.4, 0.5) is 4.79 Å². The maximum absolute atomic E-state index is 10.8. The number of rotatable bonds is 1. The first-order chi connectivity index (χ1) is 6.65. The highest BCUT2D eigenvalue weighted by atomic mass is 16.7. The van der Waals surface area contributed by atoms with E-state index in [-0.39, 0.29) is 18.2 Å². The number of carbonyl (C=O) groups excluding carboxylic acids is 1. The van der Waals surface area contributed by atoms with Crippen LogP contribution in [0.15, 0.2) is 5.10 Å². The number of guanidine groups is 1. The zero-order valence-corrected chi connectivity index (χ0v) is 6.77. The van der Waals surface area contributed by atoms with E-state index in [1.165, 1.54) is 0 Å². The largest absolute Gasteiger partial charge is 0.327 e. The van der Waals surface area contributed by atoms with Gasteiger partial charge in [-0.3, -0.25) is 5.43 Å². The van der Waals surface area contributed by atoms with Gasteiger partial charge < -0.3 is 16.0 Å². The van der Waals surface area contributed by atoms with Crippen molar-refractivity contribution in [2.75, 3.05) is 0 Å². The number of hydrogen-bond donors (Lipinski definition) is 5. The smallest absolute Gasteiger partial charge is 0.317 e. The van der Waals surface area contributed by atoms with Gasteiger partial charge in [0.1, 0.15) is 17.4 Å². The number of hydrazone groups is 1. The third-order valence-electron chi connectivity index (χ3n) is 1.73. The molecule has 10 nitrogen and oxygen atoms in total. The lowest BCUT2D eigenvalue weighted by Crippen LogP contribution is -2.68. The molecule has 2 aliphatic heterocycles. The Kier molecular flexibility index (Phi) is 1.81. The molecule has 0 saturated carbocycles. The van der Waals surface area contributed by atoms with Gasteiger partial charge in [-0.05, 0) is 0 Å². The summed E-state index contributed by atoms with van der Waals surface area (Å²) in [4.78, 5) is 20.9. The third kappa shape index (κ3) is 1.50. The Morgan fingerprint density at radius 3 is 2.71 bits per heavy atom. The molecule has 76 valence electrons. The molecular weight excluding hydrogens is 194 g/mol. The highest BCUT2D eigenvalue weighted by Gasteiger charge is 2.36. The molecule has 2 amide bonds. The maximum Gasteiger partial charge on any atom is 0.317 e. The summed E-state index contributed by atoms with van der Waals surface area (Å²) >= 11 is 0. The number of nitrogens with one attached hydrogen (secondary N) is 5. The second kappa shape index (κ2) is 2.99. The quantitative estimate of drug-likeness (QED) is 0.230. The molecule has 0 aromatic heterocycles. The Hall–Kier alpha value is -2.10. The summed E-state index contributed by atoms with van der Waals surface area (Å²) in [5.74, 6) is -0.0553. The van der Waals surface area contributed by atoms with Crippen molar-refractivity contribution in [3.63, 3.8) is 0 Å². The van der Waals surface area contributed by atoms with Crippen LogP contribution < -0.4 is 26.8 Å². The van der Waals surface area contributed by atoms with E-state index in [0.29, 0.717) is 0 Å². The number of nitrogens with zero attached hydrogens (tertiary/aromatic N) is 2. The van der Waals surface area contributed by atoms with E-state index in [1.807, 2.05) is 0 Å². The Labute approximate surface area is 77.2 Å². The first-order valence-corrected chi connectivity index (χ1v) is 3.73. The van der Waals surface area contributed by atoms with Gasteiger partial charge in [0, 0.05) is 0 Å². The Morgan fingerprint density at radius 1 is 1.29 bits per heavy atom. The van der Waals surface area contributed by atoms with E-state index in [0.717, 1.165) is 0 Å². The van der Waals surface area contributed by atoms with E-state index in [2.05, 4.69) is 31.9 Å². The van der Waals surface area contributed by atoms with Crippen molar-refractivity contribution in [2.24, 2.45) is 5.10 Å². The molecule has 2 heterocycles. The Balaban J connectivity index is 2.04. The number of nitro groups is 1. The fourth-order valence-electron chi connectivity index (χ4n) is 1.19. The van der Waals surface area contributed by atoms with Crippen molar-refractivity contribution >= 4 is 12.0 Å². The van der Waals surface area contributed by atoms with Gasteiger partial charge in [0.2, 0.25) is 0 Å². The highest BCUT2D eigenvalue weighted by Crippen LogP contribution is 1.97. The van der Waals surface area contributed by atoms with Crippen molar-refractivity contribution in [3.8, 4) is 0 Å². The number of amides is 2. The lowest BCUT2D eigenvalue weighted by Gasteiger charge is -2.27. The van der Waals surface area contributed by atoms with Gasteiger partial charge in [0.15, 0.2) is 5.03 Å². The first-order valence-electron chi connectivity index (χ1n) is 3.73. The third-order valence-corrected chi connectivity index (χ3v) is 1.73. The molecule has 14 heavy (non-hydrogen) atoms. The number of hydrogen-bond acceptors (Lipinski definition) is 4. The van der Waals surface area contributed by atoms with E-state index in [1.54, 1.807) is 0 Å². The molecule has 2 saturated heterocycles. The molecule has 10 heteroatoms. The number of hydrazine groups is 1. The molecule has 2 unspecified atom stereocenters. The van der Waals surface area contributed by atoms with Crippen LogP contribution in [0.2, 0.25) is 0 Å². The minimum Gasteiger partial charge on any atom is -0.327 e. The van der Waals surface area contributed by atoms with Gasteiger partial charge in [0.25, 0.3) is 5.96 Å². The first kappa shape index (κ1) is 8.50. The van der Waals surface area contributed by atoms with E-state index in [9.17, 15) is 14.9 Å². The number of carbonyl (C=O) groups is 1. The molecule has 0 aromatic rings. The van der Waals surface area contributed by atoms with Crippen molar-refractivity contribution in [3.05, 3.63) is 10.1 Å². The second-order valence-electron chi connectivity index (χ2n) is 2.67. The fourth-order valence-corrected chi connectivity index (χ4v) is 1.19. The summed E-state index contributed by atoms with van der Waals surface area (Å²) in [6, 6.07) is -0.357. The second-order valence-corrected chi connectivity index (χ2v) is 2.67. The predicted octanol–water partition coefficient (Wildman–Crippen LogP) is -2.80. The van der Waals surface area contributed by atoms with Crippen LogP contribution in [0.1, 0.15) is 0 Å². The van der Waals surface area contributed by atoms with Crippen LogP contribution in [0.3, 0.4) is 0 Å². The average molecular weight is 201 g/mol. The van der Waals surface area contributed by atoms with E-state index >= 15 is 0 Å². The van der Waals surface area contributed by atoms with Crippen LogP contribution in [0.25, 0.3) is 0 Å². The molecule has 0 aliphatic carbocycles.